The number of nitrogens with one attached hydrogen (secondary N) is 1. The minimum atomic E-state index is -0.489. The Balaban J connectivity index is 2.19. The van der Waals surface area contributed by atoms with Crippen molar-refractivity contribution < 1.29 is 4.79 Å². The second-order valence-corrected chi connectivity index (χ2v) is 6.40. The lowest BCUT2D eigenvalue weighted by Crippen LogP contribution is -2.38. The van der Waals surface area contributed by atoms with Crippen molar-refractivity contribution in [3.05, 3.63) is 28.8 Å². The minimum absolute atomic E-state index is 0.269. The quantitative estimate of drug-likeness (QED) is 0.884. The van der Waals surface area contributed by atoms with Crippen LogP contribution in [0.1, 0.15) is 49.9 Å². The fraction of sp³-hybridized carbons (Fsp3) is 0.533. The zero-order valence-electron chi connectivity index (χ0n) is 11.5. The molecule has 0 aliphatic heterocycles. The van der Waals surface area contributed by atoms with Crippen LogP contribution < -0.4 is 11.1 Å². The smallest absolute Gasteiger partial charge is 0.250 e. The predicted octanol–water partition coefficient (Wildman–Crippen LogP) is 3.82. The van der Waals surface area contributed by atoms with E-state index in [1.54, 1.807) is 12.1 Å². The van der Waals surface area contributed by atoms with Crippen LogP contribution >= 0.6 is 11.6 Å². The van der Waals surface area contributed by atoms with Gasteiger partial charge in [0.25, 0.3) is 0 Å². The Morgan fingerprint density at radius 2 is 2.16 bits per heavy atom. The van der Waals surface area contributed by atoms with Crippen LogP contribution in [-0.2, 0) is 0 Å². The molecule has 1 aromatic carbocycles. The number of amides is 1. The maximum absolute atomic E-state index is 11.3. The van der Waals surface area contributed by atoms with Crippen molar-refractivity contribution in [3.8, 4) is 0 Å². The van der Waals surface area contributed by atoms with Crippen LogP contribution in [0.4, 0.5) is 5.69 Å². The van der Waals surface area contributed by atoms with Gasteiger partial charge in [-0.15, -0.1) is 0 Å². The number of hydrogen-bond donors (Lipinski definition) is 2. The van der Waals surface area contributed by atoms with E-state index in [1.807, 2.05) is 6.07 Å². The van der Waals surface area contributed by atoms with Gasteiger partial charge in [-0.2, -0.15) is 0 Å². The summed E-state index contributed by atoms with van der Waals surface area (Å²) in [6, 6.07) is 5.79. The summed E-state index contributed by atoms with van der Waals surface area (Å²) in [5.41, 5.74) is 6.88. The summed E-state index contributed by atoms with van der Waals surface area (Å²) < 4.78 is 0. The highest BCUT2D eigenvalue weighted by atomic mass is 35.5. The minimum Gasteiger partial charge on any atom is -0.382 e. The van der Waals surface area contributed by atoms with Crippen LogP contribution in [-0.4, -0.2) is 11.9 Å². The molecule has 1 aliphatic rings. The van der Waals surface area contributed by atoms with Crippen LogP contribution in [0.15, 0.2) is 18.2 Å². The third kappa shape index (κ3) is 3.21. The van der Waals surface area contributed by atoms with E-state index in [0.29, 0.717) is 16.6 Å². The number of carbonyl (C=O) groups excluding carboxylic acids is 1. The van der Waals surface area contributed by atoms with E-state index in [9.17, 15) is 4.79 Å². The highest BCUT2D eigenvalue weighted by Gasteiger charge is 2.32. The Bertz CT molecular complexity index is 485. The molecule has 2 rings (SSSR count). The van der Waals surface area contributed by atoms with E-state index < -0.39 is 5.91 Å². The van der Waals surface area contributed by atoms with Gasteiger partial charge in [0.15, 0.2) is 0 Å². The standard InChI is InChI=1S/C15H21ClN2O/c1-15(2)8-4-3-5-13(15)18-10-6-7-12(16)11(9-10)14(17)19/h6-7,9,13,18H,3-5,8H2,1-2H3,(H2,17,19). The highest BCUT2D eigenvalue weighted by Crippen LogP contribution is 2.37. The molecule has 1 fully saturated rings. The van der Waals surface area contributed by atoms with E-state index in [-0.39, 0.29) is 5.41 Å². The summed E-state index contributed by atoms with van der Waals surface area (Å²) in [5, 5.41) is 3.93. The first-order valence-corrected chi connectivity index (χ1v) is 7.14. The molecule has 0 saturated heterocycles. The van der Waals surface area contributed by atoms with Gasteiger partial charge < -0.3 is 11.1 Å². The van der Waals surface area contributed by atoms with E-state index in [0.717, 1.165) is 12.1 Å². The van der Waals surface area contributed by atoms with E-state index >= 15 is 0 Å². The summed E-state index contributed by atoms with van der Waals surface area (Å²) in [4.78, 5) is 11.3. The van der Waals surface area contributed by atoms with Gasteiger partial charge in [0.1, 0.15) is 0 Å². The first kappa shape index (κ1) is 14.2. The molecule has 0 heterocycles. The van der Waals surface area contributed by atoms with Crippen molar-refractivity contribution in [2.24, 2.45) is 11.1 Å². The third-order valence-electron chi connectivity index (χ3n) is 4.08. The maximum Gasteiger partial charge on any atom is 0.250 e. The average molecular weight is 281 g/mol. The van der Waals surface area contributed by atoms with Crippen molar-refractivity contribution in [3.63, 3.8) is 0 Å². The Morgan fingerprint density at radius 1 is 1.42 bits per heavy atom. The summed E-state index contributed by atoms with van der Waals surface area (Å²) in [6.45, 7) is 4.57. The van der Waals surface area contributed by atoms with Crippen molar-refractivity contribution in [2.45, 2.75) is 45.6 Å². The van der Waals surface area contributed by atoms with Crippen molar-refractivity contribution in [2.75, 3.05) is 5.32 Å². The lowest BCUT2D eigenvalue weighted by atomic mass is 9.73. The zero-order chi connectivity index (χ0) is 14.0. The van der Waals surface area contributed by atoms with Crippen molar-refractivity contribution in [1.82, 2.24) is 0 Å². The third-order valence-corrected chi connectivity index (χ3v) is 4.41. The van der Waals surface area contributed by atoms with Crippen LogP contribution in [0, 0.1) is 5.41 Å². The molecule has 1 aliphatic carbocycles. The second kappa shape index (κ2) is 5.41. The van der Waals surface area contributed by atoms with Crippen LogP contribution in [0.2, 0.25) is 5.02 Å². The molecule has 19 heavy (non-hydrogen) atoms. The molecule has 1 atom stereocenters. The molecular formula is C15H21ClN2O. The summed E-state index contributed by atoms with van der Waals surface area (Å²) in [5.74, 6) is -0.489. The number of benzene rings is 1. The second-order valence-electron chi connectivity index (χ2n) is 5.99. The molecule has 1 unspecified atom stereocenters. The van der Waals surface area contributed by atoms with Gasteiger partial charge in [0.2, 0.25) is 5.91 Å². The number of halogens is 1. The molecule has 0 spiro atoms. The Labute approximate surface area is 119 Å². The van der Waals surface area contributed by atoms with Gasteiger partial charge in [-0.1, -0.05) is 38.3 Å². The van der Waals surface area contributed by atoms with E-state index in [1.165, 1.54) is 19.3 Å². The number of carbonyl (C=O) groups is 1. The van der Waals surface area contributed by atoms with Gasteiger partial charge >= 0.3 is 0 Å². The molecule has 3 nitrogen and oxygen atoms in total. The Morgan fingerprint density at radius 3 is 2.79 bits per heavy atom. The number of anilines is 1. The maximum atomic E-state index is 11.3. The lowest BCUT2D eigenvalue weighted by Gasteiger charge is -2.39. The number of rotatable bonds is 3. The highest BCUT2D eigenvalue weighted by molar-refractivity contribution is 6.33. The van der Waals surface area contributed by atoms with Gasteiger partial charge in [-0.3, -0.25) is 4.79 Å². The molecular weight excluding hydrogens is 260 g/mol. The SMILES string of the molecule is CC1(C)CCCCC1Nc1ccc(Cl)c(C(N)=O)c1. The van der Waals surface area contributed by atoms with E-state index in [4.69, 9.17) is 17.3 Å². The first-order chi connectivity index (χ1) is 8.90. The molecule has 3 N–H and O–H groups in total. The largest absolute Gasteiger partial charge is 0.382 e. The fourth-order valence-corrected chi connectivity index (χ4v) is 2.98. The molecule has 1 aromatic rings. The first-order valence-electron chi connectivity index (χ1n) is 6.76. The van der Waals surface area contributed by atoms with E-state index in [2.05, 4.69) is 19.2 Å². The van der Waals surface area contributed by atoms with Crippen LogP contribution in [0.5, 0.6) is 0 Å². The monoisotopic (exact) mass is 280 g/mol. The van der Waals surface area contributed by atoms with Crippen LogP contribution in [0.3, 0.4) is 0 Å². The Hall–Kier alpha value is -1.22. The predicted molar refractivity (Wildman–Crippen MR) is 79.6 cm³/mol. The summed E-state index contributed by atoms with van der Waals surface area (Å²) in [6.07, 6.45) is 4.91. The molecule has 1 amide bonds. The van der Waals surface area contributed by atoms with Gasteiger partial charge in [0, 0.05) is 11.7 Å². The van der Waals surface area contributed by atoms with Gasteiger partial charge in [0.05, 0.1) is 10.6 Å². The number of nitrogens with two attached hydrogens (primary N) is 1. The summed E-state index contributed by atoms with van der Waals surface area (Å²) >= 11 is 5.96. The topological polar surface area (TPSA) is 55.1 Å². The molecule has 0 aromatic heterocycles. The molecule has 0 bridgehead atoms. The van der Waals surface area contributed by atoms with Crippen molar-refractivity contribution in [1.29, 1.82) is 0 Å². The number of hydrogen-bond acceptors (Lipinski definition) is 2. The van der Waals surface area contributed by atoms with Crippen LogP contribution in [0.25, 0.3) is 0 Å². The lowest BCUT2D eigenvalue weighted by molar-refractivity contribution is 0.100. The summed E-state index contributed by atoms with van der Waals surface area (Å²) in [7, 11) is 0. The zero-order valence-corrected chi connectivity index (χ0v) is 12.3. The molecule has 0 radical (unpaired) electrons. The number of primary amides is 1. The fourth-order valence-electron chi connectivity index (χ4n) is 2.77. The van der Waals surface area contributed by atoms with Gasteiger partial charge in [-0.25, -0.2) is 0 Å². The normalized spacial score (nSPS) is 21.9. The molecule has 1 saturated carbocycles. The van der Waals surface area contributed by atoms with Crippen molar-refractivity contribution >= 4 is 23.2 Å². The molecule has 104 valence electrons. The average Bonchev–Trinajstić information content (AvgIpc) is 2.33. The molecule has 4 heteroatoms. The Kier molecular flexibility index (Phi) is 4.04. The van der Waals surface area contributed by atoms with Gasteiger partial charge in [-0.05, 0) is 36.5 Å².